The number of rotatable bonds is 14. The largest absolute Gasteiger partial charge is 0.480 e. The van der Waals surface area contributed by atoms with Gasteiger partial charge in [-0.05, 0) is 45.1 Å². The summed E-state index contributed by atoms with van der Waals surface area (Å²) in [7, 11) is 0. The molecule has 0 bridgehead atoms. The Kier molecular flexibility index (Phi) is 11.2. The summed E-state index contributed by atoms with van der Waals surface area (Å²) in [6.07, 6.45) is 1.57. The predicted octanol–water partition coefficient (Wildman–Crippen LogP) is -3.57. The van der Waals surface area contributed by atoms with Crippen molar-refractivity contribution in [1.82, 2.24) is 26.2 Å². The van der Waals surface area contributed by atoms with E-state index in [0.29, 0.717) is 25.8 Å². The highest BCUT2D eigenvalue weighted by molar-refractivity contribution is 5.94. The molecular formula is C22H35N7O8. The van der Waals surface area contributed by atoms with Crippen molar-refractivity contribution < 1.29 is 38.7 Å². The fourth-order valence-corrected chi connectivity index (χ4v) is 4.27. The van der Waals surface area contributed by atoms with Gasteiger partial charge in [0, 0.05) is 19.4 Å². The summed E-state index contributed by atoms with van der Waals surface area (Å²) < 4.78 is 0. The standard InChI is InChI=1S/C22H35N7O8/c23-16(30)7-5-13(27-20(34)12-3-1-9-25-12)19(33)26-11-18(32)29-10-2-4-15(29)21(35)28-14(22(36)37)6-8-17(24)31/h12-15,25H,1-11H2,(H2,23,30)(H2,24,31)(H,26,33)(H,27,34)(H,28,35)(H,36,37)/t12-,13-,14-,15-/m0/s1. The molecule has 2 heterocycles. The van der Waals surface area contributed by atoms with Gasteiger partial charge in [0.1, 0.15) is 18.1 Å². The Morgan fingerprint density at radius 3 is 2.08 bits per heavy atom. The van der Waals surface area contributed by atoms with Crippen LogP contribution in [0.4, 0.5) is 0 Å². The molecule has 15 nitrogen and oxygen atoms in total. The van der Waals surface area contributed by atoms with E-state index in [1.165, 1.54) is 4.90 Å². The van der Waals surface area contributed by atoms with Gasteiger partial charge in [0.25, 0.3) is 0 Å². The molecular weight excluding hydrogens is 490 g/mol. The number of carbonyl (C=O) groups excluding carboxylic acids is 6. The summed E-state index contributed by atoms with van der Waals surface area (Å²) in [4.78, 5) is 85.5. The maximum absolute atomic E-state index is 12.8. The minimum absolute atomic E-state index is 0.0511. The summed E-state index contributed by atoms with van der Waals surface area (Å²) in [6, 6.07) is -3.83. The Labute approximate surface area is 213 Å². The maximum atomic E-state index is 12.8. The first-order valence-corrected chi connectivity index (χ1v) is 12.2. The number of amides is 6. The zero-order chi connectivity index (χ0) is 27.5. The average Bonchev–Trinajstić information content (AvgIpc) is 3.54. The molecule has 2 rings (SSSR count). The molecule has 0 radical (unpaired) electrons. The summed E-state index contributed by atoms with van der Waals surface area (Å²) in [6.45, 7) is 0.423. The molecule has 15 heteroatoms. The van der Waals surface area contributed by atoms with E-state index >= 15 is 0 Å². The number of hydrogen-bond donors (Lipinski definition) is 7. The van der Waals surface area contributed by atoms with Crippen LogP contribution in [0.2, 0.25) is 0 Å². The lowest BCUT2D eigenvalue weighted by Crippen LogP contribution is -2.55. The summed E-state index contributed by atoms with van der Waals surface area (Å²) in [5.41, 5.74) is 10.2. The Morgan fingerprint density at radius 2 is 1.51 bits per heavy atom. The summed E-state index contributed by atoms with van der Waals surface area (Å²) >= 11 is 0. The van der Waals surface area contributed by atoms with E-state index < -0.39 is 72.1 Å². The Morgan fingerprint density at radius 1 is 0.892 bits per heavy atom. The van der Waals surface area contributed by atoms with E-state index in [9.17, 15) is 38.7 Å². The second-order valence-corrected chi connectivity index (χ2v) is 9.08. The third-order valence-electron chi connectivity index (χ3n) is 6.27. The van der Waals surface area contributed by atoms with Crippen molar-refractivity contribution in [2.24, 2.45) is 11.5 Å². The van der Waals surface area contributed by atoms with Gasteiger partial charge in [0.15, 0.2) is 0 Å². The number of nitrogens with zero attached hydrogens (tertiary/aromatic N) is 1. The third-order valence-corrected chi connectivity index (χ3v) is 6.27. The van der Waals surface area contributed by atoms with Gasteiger partial charge in [-0.15, -0.1) is 0 Å². The molecule has 0 spiro atoms. The van der Waals surface area contributed by atoms with Crippen LogP contribution in [0.5, 0.6) is 0 Å². The first kappa shape index (κ1) is 29.5. The van der Waals surface area contributed by atoms with Gasteiger partial charge in [-0.25, -0.2) is 4.79 Å². The monoisotopic (exact) mass is 525 g/mol. The number of aliphatic carboxylic acids is 1. The van der Waals surface area contributed by atoms with Crippen LogP contribution >= 0.6 is 0 Å². The number of hydrogen-bond acceptors (Lipinski definition) is 8. The van der Waals surface area contributed by atoms with Gasteiger partial charge in [-0.2, -0.15) is 0 Å². The van der Waals surface area contributed by atoms with E-state index in [1.807, 2.05) is 0 Å². The summed E-state index contributed by atoms with van der Waals surface area (Å²) in [5.74, 6) is -5.04. The second kappa shape index (κ2) is 14.1. The van der Waals surface area contributed by atoms with Crippen LogP contribution in [0, 0.1) is 0 Å². The first-order chi connectivity index (χ1) is 17.5. The van der Waals surface area contributed by atoms with Crippen molar-refractivity contribution in [3.63, 3.8) is 0 Å². The molecule has 9 N–H and O–H groups in total. The van der Waals surface area contributed by atoms with E-state index in [1.54, 1.807) is 0 Å². The van der Waals surface area contributed by atoms with Gasteiger partial charge >= 0.3 is 5.97 Å². The molecule has 0 aliphatic carbocycles. The molecule has 2 aliphatic rings. The molecule has 2 saturated heterocycles. The smallest absolute Gasteiger partial charge is 0.326 e. The molecule has 206 valence electrons. The van der Waals surface area contributed by atoms with Crippen LogP contribution in [-0.4, -0.2) is 95.2 Å². The van der Waals surface area contributed by atoms with Crippen LogP contribution in [0.1, 0.15) is 51.4 Å². The minimum Gasteiger partial charge on any atom is -0.480 e. The molecule has 4 atom stereocenters. The molecule has 2 fully saturated rings. The number of carboxylic acids is 1. The molecule has 0 saturated carbocycles. The lowest BCUT2D eigenvalue weighted by Gasteiger charge is -2.26. The molecule has 0 aromatic carbocycles. The van der Waals surface area contributed by atoms with E-state index in [0.717, 1.165) is 6.42 Å². The number of nitrogens with two attached hydrogens (primary N) is 2. The fourth-order valence-electron chi connectivity index (χ4n) is 4.27. The lowest BCUT2D eigenvalue weighted by molar-refractivity contribution is -0.144. The van der Waals surface area contributed by atoms with Crippen LogP contribution in [0.15, 0.2) is 0 Å². The zero-order valence-corrected chi connectivity index (χ0v) is 20.5. The number of carbonyl (C=O) groups is 7. The number of likely N-dealkylation sites (tertiary alicyclic amines) is 1. The maximum Gasteiger partial charge on any atom is 0.326 e. The number of nitrogens with one attached hydrogen (secondary N) is 4. The number of primary amides is 2. The van der Waals surface area contributed by atoms with Crippen molar-refractivity contribution in [2.45, 2.75) is 75.5 Å². The number of carboxylic acid groups (broad SMARTS) is 1. The van der Waals surface area contributed by atoms with Gasteiger partial charge in [0.2, 0.25) is 35.4 Å². The first-order valence-electron chi connectivity index (χ1n) is 12.2. The van der Waals surface area contributed by atoms with Gasteiger partial charge in [-0.3, -0.25) is 28.8 Å². The zero-order valence-electron chi connectivity index (χ0n) is 20.5. The van der Waals surface area contributed by atoms with Crippen molar-refractivity contribution in [3.05, 3.63) is 0 Å². The molecule has 0 aromatic rings. The quantitative estimate of drug-likeness (QED) is 0.118. The predicted molar refractivity (Wildman–Crippen MR) is 127 cm³/mol. The summed E-state index contributed by atoms with van der Waals surface area (Å²) in [5, 5.41) is 19.7. The highest BCUT2D eigenvalue weighted by atomic mass is 16.4. The SMILES string of the molecule is NC(=O)CC[C@H](NC(=O)[C@@H]1CCCN1C(=O)CNC(=O)[C@H](CCC(N)=O)NC(=O)[C@@H]1CCCN1)C(=O)O. The van der Waals surface area contributed by atoms with Crippen molar-refractivity contribution >= 4 is 41.4 Å². The molecule has 37 heavy (non-hydrogen) atoms. The van der Waals surface area contributed by atoms with Crippen molar-refractivity contribution in [2.75, 3.05) is 19.6 Å². The van der Waals surface area contributed by atoms with Crippen molar-refractivity contribution in [3.8, 4) is 0 Å². The Hall–Kier alpha value is -3.75. The van der Waals surface area contributed by atoms with Crippen LogP contribution in [-0.2, 0) is 33.6 Å². The minimum atomic E-state index is -1.35. The van der Waals surface area contributed by atoms with E-state index in [-0.39, 0.29) is 32.2 Å². The Balaban J connectivity index is 1.95. The highest BCUT2D eigenvalue weighted by Gasteiger charge is 2.36. The Bertz CT molecular complexity index is 905. The molecule has 0 aromatic heterocycles. The van der Waals surface area contributed by atoms with Crippen LogP contribution < -0.4 is 32.7 Å². The van der Waals surface area contributed by atoms with Gasteiger partial charge in [0.05, 0.1) is 12.6 Å². The third kappa shape index (κ3) is 9.33. The molecule has 0 unspecified atom stereocenters. The second-order valence-electron chi connectivity index (χ2n) is 9.08. The topological polar surface area (TPSA) is 243 Å². The average molecular weight is 526 g/mol. The van der Waals surface area contributed by atoms with E-state index in [4.69, 9.17) is 11.5 Å². The van der Waals surface area contributed by atoms with Gasteiger partial charge < -0.3 is 42.7 Å². The van der Waals surface area contributed by atoms with E-state index in [2.05, 4.69) is 21.3 Å². The molecule has 2 aliphatic heterocycles. The molecule has 6 amide bonds. The van der Waals surface area contributed by atoms with Crippen molar-refractivity contribution in [1.29, 1.82) is 0 Å². The van der Waals surface area contributed by atoms with Gasteiger partial charge in [-0.1, -0.05) is 0 Å². The lowest BCUT2D eigenvalue weighted by atomic mass is 10.1. The van der Waals surface area contributed by atoms with Crippen LogP contribution in [0.25, 0.3) is 0 Å². The normalized spacial score (nSPS) is 20.5. The fraction of sp³-hybridized carbons (Fsp3) is 0.682. The highest BCUT2D eigenvalue weighted by Crippen LogP contribution is 2.18. The van der Waals surface area contributed by atoms with Crippen LogP contribution in [0.3, 0.4) is 0 Å².